The number of hydrogen-bond donors (Lipinski definition) is 1. The monoisotopic (exact) mass is 388 g/mol. The minimum atomic E-state index is -3.66. The third-order valence-electron chi connectivity index (χ3n) is 3.97. The number of carbonyl (C=O) groups excluding carboxylic acids is 1. The van der Waals surface area contributed by atoms with Gasteiger partial charge in [-0.05, 0) is 41.1 Å². The number of amides is 1. The number of nitrogens with zero attached hydrogens (tertiary/aromatic N) is 1. The average molecular weight is 389 g/mol. The van der Waals surface area contributed by atoms with Crippen molar-refractivity contribution in [2.24, 2.45) is 0 Å². The van der Waals surface area contributed by atoms with E-state index in [1.807, 2.05) is 36.4 Å². The highest BCUT2D eigenvalue weighted by Gasteiger charge is 2.20. The fraction of sp³-hybridized carbons (Fsp3) is 0.105. The molecule has 0 fully saturated rings. The van der Waals surface area contributed by atoms with E-state index in [1.54, 1.807) is 6.07 Å². The first-order chi connectivity index (χ1) is 12.3. The third kappa shape index (κ3) is 3.58. The highest BCUT2D eigenvalue weighted by Crippen LogP contribution is 2.24. The molecule has 1 N–H and O–H groups in total. The molecule has 134 valence electrons. The first-order valence-electron chi connectivity index (χ1n) is 7.81. The van der Waals surface area contributed by atoms with Crippen molar-refractivity contribution in [2.75, 3.05) is 19.4 Å². The summed E-state index contributed by atoms with van der Waals surface area (Å²) in [4.78, 5) is 12.6. The maximum absolute atomic E-state index is 12.6. The number of benzene rings is 3. The standard InChI is InChI=1S/C19H17ClN2O3S/c1-22(2)26(24,25)16-9-10-18(20)17(12-16)19(23)21-15-8-7-13-5-3-4-6-14(13)11-15/h3-12H,1-2H3,(H,21,23). The van der Waals surface area contributed by atoms with Crippen LogP contribution in [0.25, 0.3) is 10.8 Å². The van der Waals surface area contributed by atoms with Crippen molar-refractivity contribution in [3.8, 4) is 0 Å². The molecule has 0 saturated heterocycles. The van der Waals surface area contributed by atoms with Crippen molar-refractivity contribution >= 4 is 44.0 Å². The summed E-state index contributed by atoms with van der Waals surface area (Å²) in [5, 5.41) is 4.99. The third-order valence-corrected chi connectivity index (χ3v) is 6.11. The molecule has 3 aromatic rings. The molecule has 1 amide bonds. The number of anilines is 1. The molecule has 0 aliphatic heterocycles. The second-order valence-electron chi connectivity index (χ2n) is 5.95. The van der Waals surface area contributed by atoms with Crippen LogP contribution in [0.3, 0.4) is 0 Å². The summed E-state index contributed by atoms with van der Waals surface area (Å²) in [6.45, 7) is 0. The lowest BCUT2D eigenvalue weighted by atomic mass is 10.1. The van der Waals surface area contributed by atoms with Crippen LogP contribution in [-0.4, -0.2) is 32.7 Å². The SMILES string of the molecule is CN(C)S(=O)(=O)c1ccc(Cl)c(C(=O)Nc2ccc3ccccc3c2)c1. The Bertz CT molecular complexity index is 1090. The molecule has 26 heavy (non-hydrogen) atoms. The van der Waals surface area contributed by atoms with Crippen LogP contribution in [0, 0.1) is 0 Å². The van der Waals surface area contributed by atoms with Crippen LogP contribution >= 0.6 is 11.6 Å². The van der Waals surface area contributed by atoms with Gasteiger partial charge in [0.25, 0.3) is 5.91 Å². The van der Waals surface area contributed by atoms with Gasteiger partial charge in [-0.15, -0.1) is 0 Å². The Balaban J connectivity index is 1.94. The number of nitrogens with one attached hydrogen (secondary N) is 1. The summed E-state index contributed by atoms with van der Waals surface area (Å²) in [5.41, 5.74) is 0.702. The Morgan fingerprint density at radius 2 is 1.65 bits per heavy atom. The van der Waals surface area contributed by atoms with Gasteiger partial charge < -0.3 is 5.32 Å². The van der Waals surface area contributed by atoms with Crippen molar-refractivity contribution in [3.63, 3.8) is 0 Å². The predicted octanol–water partition coefficient (Wildman–Crippen LogP) is 4.00. The first-order valence-corrected chi connectivity index (χ1v) is 9.63. The van der Waals surface area contributed by atoms with E-state index in [0.29, 0.717) is 5.69 Å². The van der Waals surface area contributed by atoms with E-state index in [9.17, 15) is 13.2 Å². The van der Waals surface area contributed by atoms with Gasteiger partial charge >= 0.3 is 0 Å². The zero-order valence-electron chi connectivity index (χ0n) is 14.2. The van der Waals surface area contributed by atoms with Crippen molar-refractivity contribution in [2.45, 2.75) is 4.90 Å². The van der Waals surface area contributed by atoms with Crippen LogP contribution in [0.5, 0.6) is 0 Å². The molecule has 0 unspecified atom stereocenters. The van der Waals surface area contributed by atoms with E-state index in [4.69, 9.17) is 11.6 Å². The van der Waals surface area contributed by atoms with Gasteiger partial charge in [-0.3, -0.25) is 4.79 Å². The van der Waals surface area contributed by atoms with Crippen molar-refractivity contribution in [3.05, 3.63) is 71.2 Å². The van der Waals surface area contributed by atoms with E-state index in [1.165, 1.54) is 32.3 Å². The molecule has 0 saturated carbocycles. The Morgan fingerprint density at radius 3 is 2.35 bits per heavy atom. The molecule has 0 bridgehead atoms. The van der Waals surface area contributed by atoms with E-state index in [2.05, 4.69) is 5.32 Å². The summed E-state index contributed by atoms with van der Waals surface area (Å²) >= 11 is 6.11. The van der Waals surface area contributed by atoms with E-state index in [-0.39, 0.29) is 15.5 Å². The van der Waals surface area contributed by atoms with Gasteiger partial charge in [0.15, 0.2) is 0 Å². The molecule has 0 spiro atoms. The maximum Gasteiger partial charge on any atom is 0.257 e. The number of rotatable bonds is 4. The molecule has 0 aromatic heterocycles. The molecule has 0 aliphatic carbocycles. The highest BCUT2D eigenvalue weighted by atomic mass is 35.5. The first kappa shape index (κ1) is 18.4. The fourth-order valence-corrected chi connectivity index (χ4v) is 3.65. The molecule has 0 heterocycles. The molecule has 0 radical (unpaired) electrons. The predicted molar refractivity (Wildman–Crippen MR) is 104 cm³/mol. The van der Waals surface area contributed by atoms with E-state index in [0.717, 1.165) is 15.1 Å². The van der Waals surface area contributed by atoms with Crippen LogP contribution < -0.4 is 5.32 Å². The van der Waals surface area contributed by atoms with E-state index < -0.39 is 15.9 Å². The minimum Gasteiger partial charge on any atom is -0.322 e. The van der Waals surface area contributed by atoms with Crippen LogP contribution in [0.15, 0.2) is 65.6 Å². The largest absolute Gasteiger partial charge is 0.322 e. The fourth-order valence-electron chi connectivity index (χ4n) is 2.52. The Hall–Kier alpha value is -2.41. The van der Waals surface area contributed by atoms with Gasteiger partial charge in [0.1, 0.15) is 0 Å². The number of halogens is 1. The van der Waals surface area contributed by atoms with Gasteiger partial charge in [-0.25, -0.2) is 12.7 Å². The van der Waals surface area contributed by atoms with Crippen molar-refractivity contribution in [1.82, 2.24) is 4.31 Å². The highest BCUT2D eigenvalue weighted by molar-refractivity contribution is 7.89. The summed E-state index contributed by atoms with van der Waals surface area (Å²) in [7, 11) is -0.798. The van der Waals surface area contributed by atoms with Crippen molar-refractivity contribution < 1.29 is 13.2 Å². The molecule has 3 aromatic carbocycles. The number of sulfonamides is 1. The van der Waals surface area contributed by atoms with Crippen molar-refractivity contribution in [1.29, 1.82) is 0 Å². The number of fused-ring (bicyclic) bond motifs is 1. The molecule has 0 atom stereocenters. The number of carbonyl (C=O) groups is 1. The molecule has 3 rings (SSSR count). The lowest BCUT2D eigenvalue weighted by Gasteiger charge is -2.13. The van der Waals surface area contributed by atoms with E-state index >= 15 is 0 Å². The second kappa shape index (κ2) is 7.07. The summed E-state index contributed by atoms with van der Waals surface area (Å²) in [6, 6.07) is 17.4. The average Bonchev–Trinajstić information content (AvgIpc) is 2.61. The molecule has 0 aliphatic rings. The normalized spacial score (nSPS) is 11.7. The molecular weight excluding hydrogens is 372 g/mol. The van der Waals surface area contributed by atoms with Crippen LogP contribution in [0.2, 0.25) is 5.02 Å². The smallest absolute Gasteiger partial charge is 0.257 e. The Labute approximate surface area is 157 Å². The molecular formula is C19H17ClN2O3S. The van der Waals surface area contributed by atoms with Gasteiger partial charge in [0, 0.05) is 19.8 Å². The van der Waals surface area contributed by atoms with Crippen LogP contribution in [-0.2, 0) is 10.0 Å². The van der Waals surface area contributed by atoms with Gasteiger partial charge in [0.05, 0.1) is 15.5 Å². The van der Waals surface area contributed by atoms with Crippen LogP contribution in [0.1, 0.15) is 10.4 Å². The lowest BCUT2D eigenvalue weighted by Crippen LogP contribution is -2.23. The molecule has 5 nitrogen and oxygen atoms in total. The van der Waals surface area contributed by atoms with Crippen LogP contribution in [0.4, 0.5) is 5.69 Å². The van der Waals surface area contributed by atoms with Gasteiger partial charge in [-0.2, -0.15) is 0 Å². The second-order valence-corrected chi connectivity index (χ2v) is 8.50. The zero-order valence-corrected chi connectivity index (χ0v) is 15.8. The quantitative estimate of drug-likeness (QED) is 0.734. The summed E-state index contributed by atoms with van der Waals surface area (Å²) < 4.78 is 25.6. The maximum atomic E-state index is 12.6. The van der Waals surface area contributed by atoms with Gasteiger partial charge in [-0.1, -0.05) is 41.9 Å². The Morgan fingerprint density at radius 1 is 0.962 bits per heavy atom. The van der Waals surface area contributed by atoms with Gasteiger partial charge in [0.2, 0.25) is 10.0 Å². The topological polar surface area (TPSA) is 66.5 Å². The Kier molecular flexibility index (Phi) is 5.00. The summed E-state index contributed by atoms with van der Waals surface area (Å²) in [5.74, 6) is -0.471. The lowest BCUT2D eigenvalue weighted by molar-refractivity contribution is 0.102. The number of hydrogen-bond acceptors (Lipinski definition) is 3. The summed E-state index contributed by atoms with van der Waals surface area (Å²) in [6.07, 6.45) is 0. The molecule has 7 heteroatoms. The zero-order chi connectivity index (χ0) is 18.9. The minimum absolute atomic E-state index is 0.00978.